The third-order valence-corrected chi connectivity index (χ3v) is 6.37. The first-order valence-corrected chi connectivity index (χ1v) is 7.32. The molecule has 3 rings (SSSR count). The van der Waals surface area contributed by atoms with Crippen molar-refractivity contribution in [2.24, 2.45) is 28.4 Å². The number of esters is 1. The van der Waals surface area contributed by atoms with Crippen molar-refractivity contribution in [2.45, 2.75) is 65.0 Å². The second-order valence-electron chi connectivity index (χ2n) is 7.40. The zero-order valence-electron chi connectivity index (χ0n) is 11.7. The molecule has 0 aromatic heterocycles. The van der Waals surface area contributed by atoms with Gasteiger partial charge in [0.05, 0.1) is 0 Å². The lowest BCUT2D eigenvalue weighted by molar-refractivity contribution is -0.159. The van der Waals surface area contributed by atoms with E-state index in [4.69, 9.17) is 10.5 Å². The normalized spacial score (nSPS) is 42.9. The average molecular weight is 251 g/mol. The van der Waals surface area contributed by atoms with Crippen LogP contribution in [0.25, 0.3) is 0 Å². The molecule has 0 heterocycles. The number of fused-ring (bicyclic) bond motifs is 2. The highest BCUT2D eigenvalue weighted by molar-refractivity contribution is 5.76. The number of hydrogen-bond acceptors (Lipinski definition) is 3. The average Bonchev–Trinajstić information content (AvgIpc) is 3.09. The number of carbonyl (C=O) groups is 1. The SMILES string of the molecule is CC1(C)C2CCC1(C)C(OC(=O)C(N)C1CC1)C2. The van der Waals surface area contributed by atoms with Crippen LogP contribution in [-0.2, 0) is 9.53 Å². The fraction of sp³-hybridized carbons (Fsp3) is 0.933. The molecule has 0 radical (unpaired) electrons. The van der Waals surface area contributed by atoms with Gasteiger partial charge in [-0.2, -0.15) is 0 Å². The van der Waals surface area contributed by atoms with Crippen molar-refractivity contribution >= 4 is 5.97 Å². The smallest absolute Gasteiger partial charge is 0.323 e. The number of rotatable bonds is 3. The molecule has 2 bridgehead atoms. The van der Waals surface area contributed by atoms with Crippen molar-refractivity contribution in [1.29, 1.82) is 0 Å². The monoisotopic (exact) mass is 251 g/mol. The second kappa shape index (κ2) is 3.72. The van der Waals surface area contributed by atoms with Crippen LogP contribution in [0.15, 0.2) is 0 Å². The molecule has 0 saturated heterocycles. The Morgan fingerprint density at radius 3 is 2.39 bits per heavy atom. The molecule has 3 saturated carbocycles. The van der Waals surface area contributed by atoms with E-state index in [9.17, 15) is 4.79 Å². The van der Waals surface area contributed by atoms with E-state index in [-0.39, 0.29) is 23.5 Å². The van der Waals surface area contributed by atoms with Crippen molar-refractivity contribution in [3.63, 3.8) is 0 Å². The van der Waals surface area contributed by atoms with E-state index >= 15 is 0 Å². The minimum absolute atomic E-state index is 0.0866. The van der Waals surface area contributed by atoms with E-state index in [1.54, 1.807) is 0 Å². The summed E-state index contributed by atoms with van der Waals surface area (Å²) in [7, 11) is 0. The van der Waals surface area contributed by atoms with Gasteiger partial charge < -0.3 is 10.5 Å². The Labute approximate surface area is 109 Å². The quantitative estimate of drug-likeness (QED) is 0.784. The number of ether oxygens (including phenoxy) is 1. The fourth-order valence-electron chi connectivity index (χ4n) is 4.18. The summed E-state index contributed by atoms with van der Waals surface area (Å²) in [6.45, 7) is 6.96. The van der Waals surface area contributed by atoms with E-state index in [1.165, 1.54) is 12.8 Å². The van der Waals surface area contributed by atoms with Crippen LogP contribution >= 0.6 is 0 Å². The van der Waals surface area contributed by atoms with E-state index in [0.29, 0.717) is 17.3 Å². The molecule has 4 unspecified atom stereocenters. The summed E-state index contributed by atoms with van der Waals surface area (Å²) in [6, 6.07) is -0.379. The Bertz CT molecular complexity index is 375. The van der Waals surface area contributed by atoms with Crippen LogP contribution in [0.3, 0.4) is 0 Å². The van der Waals surface area contributed by atoms with Crippen molar-refractivity contribution in [1.82, 2.24) is 0 Å². The third-order valence-electron chi connectivity index (χ3n) is 6.37. The minimum atomic E-state index is -0.379. The lowest BCUT2D eigenvalue weighted by Crippen LogP contribution is -2.43. The fourth-order valence-corrected chi connectivity index (χ4v) is 4.18. The summed E-state index contributed by atoms with van der Waals surface area (Å²) in [5, 5.41) is 0. The van der Waals surface area contributed by atoms with Gasteiger partial charge in [-0.25, -0.2) is 0 Å². The van der Waals surface area contributed by atoms with Crippen molar-refractivity contribution in [3.05, 3.63) is 0 Å². The van der Waals surface area contributed by atoms with Gasteiger partial charge in [-0.05, 0) is 49.4 Å². The number of hydrogen-bond donors (Lipinski definition) is 1. The first kappa shape index (κ1) is 12.5. The summed E-state index contributed by atoms with van der Waals surface area (Å²) in [5.74, 6) is 0.932. The van der Waals surface area contributed by atoms with Crippen LogP contribution in [-0.4, -0.2) is 18.1 Å². The molecule has 3 heteroatoms. The first-order chi connectivity index (χ1) is 8.36. The molecule has 3 nitrogen and oxygen atoms in total. The number of nitrogens with two attached hydrogens (primary N) is 1. The third kappa shape index (κ3) is 1.56. The van der Waals surface area contributed by atoms with Gasteiger partial charge >= 0.3 is 5.97 Å². The van der Waals surface area contributed by atoms with Crippen LogP contribution in [0.4, 0.5) is 0 Å². The molecule has 2 N–H and O–H groups in total. The molecule has 3 aliphatic rings. The summed E-state index contributed by atoms with van der Waals surface area (Å²) < 4.78 is 5.78. The molecule has 4 atom stereocenters. The minimum Gasteiger partial charge on any atom is -0.461 e. The first-order valence-electron chi connectivity index (χ1n) is 7.32. The van der Waals surface area contributed by atoms with Crippen LogP contribution in [0.5, 0.6) is 0 Å². The van der Waals surface area contributed by atoms with Crippen LogP contribution in [0.2, 0.25) is 0 Å². The highest BCUT2D eigenvalue weighted by Gasteiger charge is 2.63. The Hall–Kier alpha value is -0.570. The van der Waals surface area contributed by atoms with Gasteiger partial charge in [0.15, 0.2) is 0 Å². The van der Waals surface area contributed by atoms with Gasteiger partial charge in [0, 0.05) is 5.41 Å². The van der Waals surface area contributed by atoms with E-state index in [1.807, 2.05) is 0 Å². The largest absolute Gasteiger partial charge is 0.461 e. The molecular weight excluding hydrogens is 226 g/mol. The zero-order valence-corrected chi connectivity index (χ0v) is 11.7. The van der Waals surface area contributed by atoms with Gasteiger partial charge in [0.2, 0.25) is 0 Å². The van der Waals surface area contributed by atoms with Gasteiger partial charge in [0.25, 0.3) is 0 Å². The molecule has 102 valence electrons. The molecule has 3 fully saturated rings. The predicted octanol–water partition coefficient (Wildman–Crippen LogP) is 2.48. The molecule has 3 aliphatic carbocycles. The topological polar surface area (TPSA) is 52.3 Å². The lowest BCUT2D eigenvalue weighted by atomic mass is 9.70. The predicted molar refractivity (Wildman–Crippen MR) is 69.8 cm³/mol. The van der Waals surface area contributed by atoms with Gasteiger partial charge in [-0.3, -0.25) is 4.79 Å². The maximum Gasteiger partial charge on any atom is 0.323 e. The lowest BCUT2D eigenvalue weighted by Gasteiger charge is -2.38. The van der Waals surface area contributed by atoms with Gasteiger partial charge in [-0.15, -0.1) is 0 Å². The maximum atomic E-state index is 12.1. The molecule has 18 heavy (non-hydrogen) atoms. The summed E-state index contributed by atoms with van der Waals surface area (Å²) >= 11 is 0. The van der Waals surface area contributed by atoms with E-state index in [0.717, 1.165) is 19.3 Å². The van der Waals surface area contributed by atoms with Gasteiger partial charge in [-0.1, -0.05) is 20.8 Å². The Morgan fingerprint density at radius 2 is 1.94 bits per heavy atom. The van der Waals surface area contributed by atoms with Gasteiger partial charge in [0.1, 0.15) is 12.1 Å². The highest BCUT2D eigenvalue weighted by atomic mass is 16.5. The van der Waals surface area contributed by atoms with Crippen LogP contribution < -0.4 is 5.73 Å². The summed E-state index contributed by atoms with van der Waals surface area (Å²) in [4.78, 5) is 12.1. The summed E-state index contributed by atoms with van der Waals surface area (Å²) in [6.07, 6.45) is 5.77. The molecule has 0 aromatic rings. The maximum absolute atomic E-state index is 12.1. The van der Waals surface area contributed by atoms with Crippen LogP contribution in [0.1, 0.15) is 52.9 Å². The molecular formula is C15H25NO2. The second-order valence-corrected chi connectivity index (χ2v) is 7.40. The Kier molecular flexibility index (Phi) is 2.58. The molecule has 0 aliphatic heterocycles. The standard InChI is InChI=1S/C15H25NO2/c1-14(2)10-6-7-15(14,3)11(8-10)18-13(17)12(16)9-4-5-9/h9-12H,4-8,16H2,1-3H3. The van der Waals surface area contributed by atoms with Crippen LogP contribution in [0, 0.1) is 22.7 Å². The molecule has 0 spiro atoms. The zero-order chi connectivity index (χ0) is 13.1. The number of carbonyl (C=O) groups excluding carboxylic acids is 1. The van der Waals surface area contributed by atoms with E-state index < -0.39 is 0 Å². The van der Waals surface area contributed by atoms with Crippen molar-refractivity contribution in [3.8, 4) is 0 Å². The van der Waals surface area contributed by atoms with E-state index in [2.05, 4.69) is 20.8 Å². The highest BCUT2D eigenvalue weighted by Crippen LogP contribution is 2.66. The summed E-state index contributed by atoms with van der Waals surface area (Å²) in [5.41, 5.74) is 6.38. The van der Waals surface area contributed by atoms with Crippen molar-refractivity contribution < 1.29 is 9.53 Å². The Morgan fingerprint density at radius 1 is 1.28 bits per heavy atom. The van der Waals surface area contributed by atoms with Crippen molar-refractivity contribution in [2.75, 3.05) is 0 Å². The molecule has 0 aromatic carbocycles. The Balaban J connectivity index is 1.69. The molecule has 0 amide bonds.